The van der Waals surface area contributed by atoms with Crippen LogP contribution < -0.4 is 15.5 Å². The van der Waals surface area contributed by atoms with Gasteiger partial charge < -0.3 is 10.6 Å². The van der Waals surface area contributed by atoms with E-state index >= 15 is 0 Å². The van der Waals surface area contributed by atoms with E-state index in [9.17, 15) is 14.4 Å². The lowest BCUT2D eigenvalue weighted by molar-refractivity contribution is -0.122. The Bertz CT molecular complexity index is 1120. The van der Waals surface area contributed by atoms with E-state index in [1.165, 1.54) is 4.90 Å². The second-order valence-corrected chi connectivity index (χ2v) is 7.26. The number of benzene rings is 3. The highest BCUT2D eigenvalue weighted by molar-refractivity contribution is 6.31. The summed E-state index contributed by atoms with van der Waals surface area (Å²) in [6.45, 7) is 0. The molecule has 1 heterocycles. The molecule has 0 saturated heterocycles. The number of anilines is 3. The monoisotopic (exact) mass is 419 g/mol. The topological polar surface area (TPSA) is 78.5 Å². The fourth-order valence-corrected chi connectivity index (χ4v) is 3.59. The summed E-state index contributed by atoms with van der Waals surface area (Å²) in [5.74, 6) is -1.17. The lowest BCUT2D eigenvalue weighted by atomic mass is 10.0. The average Bonchev–Trinajstić information content (AvgIpc) is 2.74. The number of nitrogens with zero attached hydrogens (tertiary/aromatic N) is 1. The molecule has 1 aliphatic rings. The number of amides is 3. The van der Waals surface area contributed by atoms with Gasteiger partial charge in [0.25, 0.3) is 5.91 Å². The van der Waals surface area contributed by atoms with Crippen LogP contribution in [0.25, 0.3) is 0 Å². The number of nitrogens with one attached hydrogen (secondary N) is 2. The van der Waals surface area contributed by atoms with Gasteiger partial charge in [-0.15, -0.1) is 0 Å². The van der Waals surface area contributed by atoms with Crippen LogP contribution in [0.5, 0.6) is 0 Å². The lowest BCUT2D eigenvalue weighted by Crippen LogP contribution is -2.52. The van der Waals surface area contributed by atoms with Crippen molar-refractivity contribution in [3.8, 4) is 0 Å². The lowest BCUT2D eigenvalue weighted by Gasteiger charge is -2.36. The van der Waals surface area contributed by atoms with E-state index in [0.717, 1.165) is 0 Å². The van der Waals surface area contributed by atoms with E-state index in [1.54, 1.807) is 72.8 Å². The second-order valence-electron chi connectivity index (χ2n) is 6.83. The first-order valence-electron chi connectivity index (χ1n) is 9.37. The predicted molar refractivity (Wildman–Crippen MR) is 117 cm³/mol. The molecule has 3 aromatic carbocycles. The standard InChI is InChI=1S/C23H18ClN3O3/c24-16-9-6-10-17(13-16)25-21(28)14-20-22(29)26-18-11-4-5-12-19(18)27(20)23(30)15-7-2-1-3-8-15/h1-13,20H,14H2,(H,25,28)(H,26,29)/t20-/m0/s1. The van der Waals surface area contributed by atoms with Gasteiger partial charge in [-0.05, 0) is 42.5 Å². The number of para-hydroxylation sites is 2. The number of hydrogen-bond acceptors (Lipinski definition) is 3. The Morgan fingerprint density at radius 3 is 2.47 bits per heavy atom. The molecule has 3 amide bonds. The van der Waals surface area contributed by atoms with Crippen LogP contribution in [0.4, 0.5) is 17.1 Å². The van der Waals surface area contributed by atoms with E-state index in [0.29, 0.717) is 27.6 Å². The number of carbonyl (C=O) groups is 3. The van der Waals surface area contributed by atoms with E-state index < -0.39 is 17.9 Å². The molecule has 0 aromatic heterocycles. The molecular formula is C23H18ClN3O3. The fraction of sp³-hybridized carbons (Fsp3) is 0.0870. The van der Waals surface area contributed by atoms with Crippen LogP contribution in [-0.4, -0.2) is 23.8 Å². The SMILES string of the molecule is O=C(C[C@H]1C(=O)Nc2ccccc2N1C(=O)c1ccccc1)Nc1cccc(Cl)c1. The van der Waals surface area contributed by atoms with Crippen LogP contribution in [0.15, 0.2) is 78.9 Å². The van der Waals surface area contributed by atoms with Gasteiger partial charge in [0.2, 0.25) is 11.8 Å². The fourth-order valence-electron chi connectivity index (χ4n) is 3.40. The van der Waals surface area contributed by atoms with Crippen molar-refractivity contribution in [2.24, 2.45) is 0 Å². The highest BCUT2D eigenvalue weighted by Gasteiger charge is 2.38. The summed E-state index contributed by atoms with van der Waals surface area (Å²) in [4.78, 5) is 40.2. The Balaban J connectivity index is 1.65. The zero-order valence-electron chi connectivity index (χ0n) is 15.8. The number of halogens is 1. The van der Waals surface area contributed by atoms with Gasteiger partial charge in [-0.1, -0.05) is 48.0 Å². The molecule has 1 aliphatic heterocycles. The molecule has 0 aliphatic carbocycles. The van der Waals surface area contributed by atoms with Crippen LogP contribution in [0.2, 0.25) is 5.02 Å². The van der Waals surface area contributed by atoms with E-state index in [2.05, 4.69) is 10.6 Å². The summed E-state index contributed by atoms with van der Waals surface area (Å²) in [5, 5.41) is 6.01. The summed E-state index contributed by atoms with van der Waals surface area (Å²) in [7, 11) is 0. The maximum Gasteiger partial charge on any atom is 0.259 e. The first kappa shape index (κ1) is 19.7. The molecule has 0 fully saturated rings. The van der Waals surface area contributed by atoms with Gasteiger partial charge in [0.15, 0.2) is 0 Å². The minimum atomic E-state index is -0.994. The van der Waals surface area contributed by atoms with Crippen LogP contribution in [0.3, 0.4) is 0 Å². The summed E-state index contributed by atoms with van der Waals surface area (Å²) in [6, 6.07) is 21.4. The third-order valence-corrected chi connectivity index (χ3v) is 5.00. The molecule has 150 valence electrons. The smallest absolute Gasteiger partial charge is 0.259 e. The van der Waals surface area contributed by atoms with Crippen LogP contribution >= 0.6 is 11.6 Å². The molecule has 0 radical (unpaired) electrons. The van der Waals surface area contributed by atoms with E-state index in [4.69, 9.17) is 11.6 Å². The maximum absolute atomic E-state index is 13.3. The zero-order valence-corrected chi connectivity index (χ0v) is 16.6. The normalized spacial score (nSPS) is 15.2. The third kappa shape index (κ3) is 4.04. The van der Waals surface area contributed by atoms with Crippen molar-refractivity contribution in [2.75, 3.05) is 15.5 Å². The number of carbonyl (C=O) groups excluding carboxylic acids is 3. The Kier molecular flexibility index (Phi) is 5.50. The molecule has 7 heteroatoms. The minimum Gasteiger partial charge on any atom is -0.326 e. The van der Waals surface area contributed by atoms with Crippen LogP contribution in [0, 0.1) is 0 Å². The third-order valence-electron chi connectivity index (χ3n) is 4.76. The highest BCUT2D eigenvalue weighted by atomic mass is 35.5. The van der Waals surface area contributed by atoms with Crippen molar-refractivity contribution in [3.05, 3.63) is 89.4 Å². The van der Waals surface area contributed by atoms with Gasteiger partial charge >= 0.3 is 0 Å². The van der Waals surface area contributed by atoms with Crippen molar-refractivity contribution in [1.82, 2.24) is 0 Å². The molecule has 6 nitrogen and oxygen atoms in total. The van der Waals surface area contributed by atoms with Gasteiger partial charge in [0.1, 0.15) is 6.04 Å². The maximum atomic E-state index is 13.3. The predicted octanol–water partition coefficient (Wildman–Crippen LogP) is 4.34. The van der Waals surface area contributed by atoms with Crippen LogP contribution in [0.1, 0.15) is 16.8 Å². The van der Waals surface area contributed by atoms with Crippen molar-refractivity contribution >= 4 is 46.4 Å². The van der Waals surface area contributed by atoms with Crippen molar-refractivity contribution in [2.45, 2.75) is 12.5 Å². The first-order chi connectivity index (χ1) is 14.5. The molecule has 0 unspecified atom stereocenters. The Hall–Kier alpha value is -3.64. The zero-order chi connectivity index (χ0) is 21.1. The summed E-state index contributed by atoms with van der Waals surface area (Å²) in [6.07, 6.45) is -0.203. The summed E-state index contributed by atoms with van der Waals surface area (Å²) in [5.41, 5.74) is 2.03. The molecule has 3 aromatic rings. The number of rotatable bonds is 4. The molecule has 30 heavy (non-hydrogen) atoms. The van der Waals surface area contributed by atoms with Gasteiger partial charge in [-0.2, -0.15) is 0 Å². The quantitative estimate of drug-likeness (QED) is 0.660. The molecule has 2 N–H and O–H groups in total. The summed E-state index contributed by atoms with van der Waals surface area (Å²) >= 11 is 5.96. The minimum absolute atomic E-state index is 0.203. The molecule has 0 saturated carbocycles. The average molecular weight is 420 g/mol. The summed E-state index contributed by atoms with van der Waals surface area (Å²) < 4.78 is 0. The number of fused-ring (bicyclic) bond motifs is 1. The van der Waals surface area contributed by atoms with Crippen molar-refractivity contribution in [3.63, 3.8) is 0 Å². The molecule has 0 bridgehead atoms. The Morgan fingerprint density at radius 2 is 1.70 bits per heavy atom. The van der Waals surface area contributed by atoms with Gasteiger partial charge in [0, 0.05) is 16.3 Å². The Labute approximate surface area is 178 Å². The highest BCUT2D eigenvalue weighted by Crippen LogP contribution is 2.34. The second kappa shape index (κ2) is 8.39. The van der Waals surface area contributed by atoms with Gasteiger partial charge in [-0.25, -0.2) is 0 Å². The molecule has 1 atom stereocenters. The number of hydrogen-bond donors (Lipinski definition) is 2. The van der Waals surface area contributed by atoms with E-state index in [1.807, 2.05) is 6.07 Å². The van der Waals surface area contributed by atoms with Gasteiger partial charge in [-0.3, -0.25) is 19.3 Å². The first-order valence-corrected chi connectivity index (χ1v) is 9.74. The van der Waals surface area contributed by atoms with Crippen molar-refractivity contribution < 1.29 is 14.4 Å². The molecule has 4 rings (SSSR count). The molecular weight excluding hydrogens is 402 g/mol. The van der Waals surface area contributed by atoms with E-state index in [-0.39, 0.29) is 12.3 Å². The largest absolute Gasteiger partial charge is 0.326 e. The van der Waals surface area contributed by atoms with Crippen molar-refractivity contribution in [1.29, 1.82) is 0 Å². The van der Waals surface area contributed by atoms with Crippen LogP contribution in [-0.2, 0) is 9.59 Å². The van der Waals surface area contributed by atoms with Gasteiger partial charge in [0.05, 0.1) is 17.8 Å². The molecule has 0 spiro atoms. The Morgan fingerprint density at radius 1 is 0.967 bits per heavy atom.